The molecule has 0 fully saturated rings. The number of aliphatic hydroxyl groups excluding tert-OH is 1. The van der Waals surface area contributed by atoms with E-state index in [1.165, 1.54) is 0 Å². The number of aliphatic hydroxyl groups is 1. The first-order valence-corrected chi connectivity index (χ1v) is 6.13. The monoisotopic (exact) mass is 245 g/mol. The lowest BCUT2D eigenvalue weighted by Crippen LogP contribution is -2.32. The van der Waals surface area contributed by atoms with Gasteiger partial charge < -0.3 is 10.4 Å². The van der Waals surface area contributed by atoms with Crippen molar-refractivity contribution in [2.45, 2.75) is 20.4 Å². The first kappa shape index (κ1) is 12.9. The second kappa shape index (κ2) is 5.42. The van der Waals surface area contributed by atoms with Crippen LogP contribution in [0.3, 0.4) is 0 Å². The zero-order valence-corrected chi connectivity index (χ0v) is 10.8. The molecule has 1 aromatic heterocycles. The van der Waals surface area contributed by atoms with Gasteiger partial charge in [0.1, 0.15) is 0 Å². The van der Waals surface area contributed by atoms with E-state index in [1.54, 1.807) is 6.20 Å². The third-order valence-corrected chi connectivity index (χ3v) is 2.84. The summed E-state index contributed by atoms with van der Waals surface area (Å²) in [6.45, 7) is 5.63. The molecular formula is C14H19N3O. The number of hydrogen-bond donors (Lipinski definition) is 2. The van der Waals surface area contributed by atoms with Gasteiger partial charge in [0.2, 0.25) is 0 Å². The molecule has 4 nitrogen and oxygen atoms in total. The van der Waals surface area contributed by atoms with Gasteiger partial charge in [0, 0.05) is 25.1 Å². The lowest BCUT2D eigenvalue weighted by Gasteiger charge is -2.21. The van der Waals surface area contributed by atoms with E-state index in [1.807, 2.05) is 38.1 Å². The smallest absolute Gasteiger partial charge is 0.0890 e. The van der Waals surface area contributed by atoms with Crippen molar-refractivity contribution in [3.05, 3.63) is 36.2 Å². The second-order valence-electron chi connectivity index (χ2n) is 5.28. The van der Waals surface area contributed by atoms with Crippen LogP contribution < -0.4 is 5.32 Å². The molecule has 0 saturated carbocycles. The van der Waals surface area contributed by atoms with Crippen molar-refractivity contribution < 1.29 is 5.11 Å². The lowest BCUT2D eigenvalue weighted by atomic mass is 9.95. The normalized spacial score (nSPS) is 11.9. The first-order valence-electron chi connectivity index (χ1n) is 6.13. The molecule has 2 aromatic rings. The summed E-state index contributed by atoms with van der Waals surface area (Å²) in [6, 6.07) is 7.83. The van der Waals surface area contributed by atoms with E-state index >= 15 is 0 Å². The summed E-state index contributed by atoms with van der Waals surface area (Å²) in [5.74, 6) is 0. The Morgan fingerprint density at radius 3 is 2.67 bits per heavy atom. The lowest BCUT2D eigenvalue weighted by molar-refractivity contribution is 0.156. The largest absolute Gasteiger partial charge is 0.396 e. The van der Waals surface area contributed by atoms with E-state index in [4.69, 9.17) is 5.11 Å². The number of rotatable bonds is 5. The minimum atomic E-state index is -0.107. The van der Waals surface area contributed by atoms with Gasteiger partial charge in [-0.3, -0.25) is 4.98 Å². The zero-order valence-electron chi connectivity index (χ0n) is 10.8. The molecule has 0 unspecified atom stereocenters. The Labute approximate surface area is 107 Å². The number of nitrogens with one attached hydrogen (secondary N) is 1. The SMILES string of the molecule is CC(C)(CO)CNCc1cnc2ccccc2n1. The first-order chi connectivity index (χ1) is 8.61. The van der Waals surface area contributed by atoms with Gasteiger partial charge in [-0.05, 0) is 12.1 Å². The maximum absolute atomic E-state index is 9.16. The third kappa shape index (κ3) is 3.24. The van der Waals surface area contributed by atoms with E-state index in [0.717, 1.165) is 23.3 Å². The van der Waals surface area contributed by atoms with E-state index in [0.29, 0.717) is 6.54 Å². The molecule has 0 spiro atoms. The van der Waals surface area contributed by atoms with Crippen LogP contribution in [0, 0.1) is 5.41 Å². The fourth-order valence-corrected chi connectivity index (χ4v) is 1.67. The van der Waals surface area contributed by atoms with Crippen LogP contribution in [-0.4, -0.2) is 28.2 Å². The maximum atomic E-state index is 9.16. The molecule has 4 heteroatoms. The van der Waals surface area contributed by atoms with Crippen molar-refractivity contribution in [1.29, 1.82) is 0 Å². The average Bonchev–Trinajstić information content (AvgIpc) is 2.38. The molecule has 0 amide bonds. The van der Waals surface area contributed by atoms with Gasteiger partial charge >= 0.3 is 0 Å². The molecule has 1 aromatic carbocycles. The molecule has 96 valence electrons. The zero-order chi connectivity index (χ0) is 13.0. The summed E-state index contributed by atoms with van der Waals surface area (Å²) in [5, 5.41) is 12.5. The number of benzene rings is 1. The highest BCUT2D eigenvalue weighted by atomic mass is 16.3. The summed E-state index contributed by atoms with van der Waals surface area (Å²) in [5.41, 5.74) is 2.64. The van der Waals surface area contributed by atoms with Crippen LogP contribution in [0.4, 0.5) is 0 Å². The van der Waals surface area contributed by atoms with Crippen LogP contribution in [0.25, 0.3) is 11.0 Å². The Morgan fingerprint density at radius 2 is 1.94 bits per heavy atom. The summed E-state index contributed by atoms with van der Waals surface area (Å²) < 4.78 is 0. The van der Waals surface area contributed by atoms with E-state index in [-0.39, 0.29) is 12.0 Å². The molecule has 0 saturated heterocycles. The summed E-state index contributed by atoms with van der Waals surface area (Å²) in [7, 11) is 0. The molecule has 0 atom stereocenters. The Balaban J connectivity index is 2.00. The second-order valence-corrected chi connectivity index (χ2v) is 5.28. The molecule has 0 aliphatic rings. The quantitative estimate of drug-likeness (QED) is 0.842. The molecular weight excluding hydrogens is 226 g/mol. The molecule has 0 radical (unpaired) electrons. The highest BCUT2D eigenvalue weighted by molar-refractivity contribution is 5.73. The van der Waals surface area contributed by atoms with Crippen LogP contribution in [0.2, 0.25) is 0 Å². The van der Waals surface area contributed by atoms with Gasteiger partial charge in [-0.15, -0.1) is 0 Å². The number of nitrogens with zero attached hydrogens (tertiary/aromatic N) is 2. The number of para-hydroxylation sites is 2. The molecule has 1 heterocycles. The van der Waals surface area contributed by atoms with Crippen LogP contribution >= 0.6 is 0 Å². The van der Waals surface area contributed by atoms with Crippen LogP contribution in [0.1, 0.15) is 19.5 Å². The number of hydrogen-bond acceptors (Lipinski definition) is 4. The van der Waals surface area contributed by atoms with Crippen molar-refractivity contribution in [3.63, 3.8) is 0 Å². The van der Waals surface area contributed by atoms with Crippen LogP contribution in [0.5, 0.6) is 0 Å². The number of fused-ring (bicyclic) bond motifs is 1. The Kier molecular flexibility index (Phi) is 3.89. The molecule has 0 aliphatic heterocycles. The van der Waals surface area contributed by atoms with Crippen molar-refractivity contribution in [3.8, 4) is 0 Å². The third-order valence-electron chi connectivity index (χ3n) is 2.84. The van der Waals surface area contributed by atoms with Crippen molar-refractivity contribution in [1.82, 2.24) is 15.3 Å². The standard InChI is InChI=1S/C14H19N3O/c1-14(2,10-18)9-15-7-11-8-16-12-5-3-4-6-13(12)17-11/h3-6,8,15,18H,7,9-10H2,1-2H3. The highest BCUT2D eigenvalue weighted by Crippen LogP contribution is 2.12. The minimum absolute atomic E-state index is 0.107. The van der Waals surface area contributed by atoms with Gasteiger partial charge in [-0.25, -0.2) is 4.98 Å². The fraction of sp³-hybridized carbons (Fsp3) is 0.429. The molecule has 18 heavy (non-hydrogen) atoms. The van der Waals surface area contributed by atoms with E-state index in [2.05, 4.69) is 15.3 Å². The van der Waals surface area contributed by atoms with E-state index < -0.39 is 0 Å². The maximum Gasteiger partial charge on any atom is 0.0890 e. The fourth-order valence-electron chi connectivity index (χ4n) is 1.67. The predicted octanol–water partition coefficient (Wildman–Crippen LogP) is 1.74. The van der Waals surface area contributed by atoms with Gasteiger partial charge in [0.25, 0.3) is 0 Å². The van der Waals surface area contributed by atoms with Gasteiger partial charge in [0.15, 0.2) is 0 Å². The summed E-state index contributed by atoms with van der Waals surface area (Å²) in [6.07, 6.45) is 1.79. The van der Waals surface area contributed by atoms with Crippen molar-refractivity contribution in [2.24, 2.45) is 5.41 Å². The van der Waals surface area contributed by atoms with Gasteiger partial charge in [-0.2, -0.15) is 0 Å². The molecule has 2 rings (SSSR count). The van der Waals surface area contributed by atoms with Crippen LogP contribution in [0.15, 0.2) is 30.5 Å². The summed E-state index contributed by atoms with van der Waals surface area (Å²) in [4.78, 5) is 8.90. The Bertz CT molecular complexity index is 525. The average molecular weight is 245 g/mol. The minimum Gasteiger partial charge on any atom is -0.396 e. The summed E-state index contributed by atoms with van der Waals surface area (Å²) >= 11 is 0. The molecule has 0 bridgehead atoms. The van der Waals surface area contributed by atoms with Gasteiger partial charge in [-0.1, -0.05) is 26.0 Å². The van der Waals surface area contributed by atoms with Crippen molar-refractivity contribution >= 4 is 11.0 Å². The van der Waals surface area contributed by atoms with Crippen LogP contribution in [-0.2, 0) is 6.54 Å². The Morgan fingerprint density at radius 1 is 1.22 bits per heavy atom. The molecule has 0 aliphatic carbocycles. The Hall–Kier alpha value is -1.52. The highest BCUT2D eigenvalue weighted by Gasteiger charge is 2.15. The van der Waals surface area contributed by atoms with Crippen molar-refractivity contribution in [2.75, 3.05) is 13.2 Å². The number of aromatic nitrogens is 2. The topological polar surface area (TPSA) is 58.0 Å². The predicted molar refractivity (Wildman–Crippen MR) is 72.1 cm³/mol. The molecule has 2 N–H and O–H groups in total. The van der Waals surface area contributed by atoms with Gasteiger partial charge in [0.05, 0.1) is 22.9 Å². The van der Waals surface area contributed by atoms with E-state index in [9.17, 15) is 0 Å².